The quantitative estimate of drug-likeness (QED) is 0.0786. The van der Waals surface area contributed by atoms with Crippen LogP contribution in [0.25, 0.3) is 10.8 Å². The molecule has 49 heavy (non-hydrogen) atoms. The molecule has 2 aliphatic carbocycles. The van der Waals surface area contributed by atoms with E-state index < -0.39 is 5.60 Å². The molecule has 4 atom stereocenters. The third-order valence-electron chi connectivity index (χ3n) is 10.7. The topological polar surface area (TPSA) is 64.0 Å². The number of ether oxygens (including phenoxy) is 2. The molecule has 6 nitrogen and oxygen atoms in total. The fraction of sp³-hybridized carbons (Fsp3) is 0.558. The van der Waals surface area contributed by atoms with Gasteiger partial charge < -0.3 is 14.4 Å². The van der Waals surface area contributed by atoms with Crippen molar-refractivity contribution < 1.29 is 14.3 Å². The first kappa shape index (κ1) is 36.6. The minimum absolute atomic E-state index is 0.171. The number of amidine groups is 1. The van der Waals surface area contributed by atoms with E-state index in [9.17, 15) is 4.79 Å². The van der Waals surface area contributed by atoms with Crippen LogP contribution in [0.5, 0.6) is 0 Å². The Morgan fingerprint density at radius 2 is 1.86 bits per heavy atom. The van der Waals surface area contributed by atoms with Gasteiger partial charge in [0.15, 0.2) is 0 Å². The Hall–Kier alpha value is -3.67. The standard InChI is InChI=1S/C43H59N3O3/c1-29-16-19-37(31(3)23-41(47)49-43(6,7)8)27-46(26-29)42(45-33(5)48-28-38-14-11-12-30(38)2)39-21-18-34(22-32(39)4)17-20-36-25-44-24-35-13-9-10-15-40(35)36/h9-10,13,15,24-25,29,34,37-38H,2-3,5,11-12,14,16-23,26-28H2,1,4,6-8H3/b45-42+/t29?,34?,37?,38-/m0/s1. The first-order valence-corrected chi connectivity index (χ1v) is 18.6. The third kappa shape index (κ3) is 10.2. The lowest BCUT2D eigenvalue weighted by molar-refractivity contribution is -0.154. The van der Waals surface area contributed by atoms with Crippen LogP contribution >= 0.6 is 0 Å². The molecule has 0 amide bonds. The van der Waals surface area contributed by atoms with Crippen LogP contribution in [0.4, 0.5) is 0 Å². The van der Waals surface area contributed by atoms with Gasteiger partial charge >= 0.3 is 5.97 Å². The van der Waals surface area contributed by atoms with Crippen LogP contribution in [-0.2, 0) is 20.7 Å². The number of hydrogen-bond acceptors (Lipinski definition) is 5. The van der Waals surface area contributed by atoms with Crippen LogP contribution in [0, 0.1) is 23.7 Å². The van der Waals surface area contributed by atoms with Gasteiger partial charge in [0.2, 0.25) is 5.88 Å². The van der Waals surface area contributed by atoms with Gasteiger partial charge in [-0.25, -0.2) is 0 Å². The predicted octanol–water partition coefficient (Wildman–Crippen LogP) is 10.2. The van der Waals surface area contributed by atoms with E-state index in [0.29, 0.717) is 30.2 Å². The van der Waals surface area contributed by atoms with Gasteiger partial charge in [0.05, 0.1) is 13.0 Å². The Kier molecular flexibility index (Phi) is 12.2. The number of pyridine rings is 1. The Morgan fingerprint density at radius 1 is 1.06 bits per heavy atom. The van der Waals surface area contributed by atoms with Gasteiger partial charge in [-0.1, -0.05) is 61.1 Å². The number of allylic oxidation sites excluding steroid dienone is 1. The molecule has 1 aromatic heterocycles. The Labute approximate surface area is 295 Å². The lowest BCUT2D eigenvalue weighted by Crippen LogP contribution is -2.39. The second-order valence-electron chi connectivity index (χ2n) is 16.0. The van der Waals surface area contributed by atoms with Gasteiger partial charge in [0.25, 0.3) is 0 Å². The van der Waals surface area contributed by atoms with Gasteiger partial charge in [-0.15, -0.1) is 0 Å². The number of aliphatic imine (C=N–C) groups is 1. The largest absolute Gasteiger partial charge is 0.477 e. The molecule has 2 fully saturated rings. The summed E-state index contributed by atoms with van der Waals surface area (Å²) in [7, 11) is 0. The summed E-state index contributed by atoms with van der Waals surface area (Å²) in [4.78, 5) is 25.0. The summed E-state index contributed by atoms with van der Waals surface area (Å²) in [6, 6.07) is 8.57. The molecule has 3 aliphatic rings. The van der Waals surface area contributed by atoms with E-state index in [1.165, 1.54) is 39.5 Å². The highest BCUT2D eigenvalue weighted by atomic mass is 16.6. The van der Waals surface area contributed by atoms with Crippen LogP contribution in [0.15, 0.2) is 89.6 Å². The van der Waals surface area contributed by atoms with Crippen molar-refractivity contribution >= 4 is 22.6 Å². The monoisotopic (exact) mass is 665 g/mol. The lowest BCUT2D eigenvalue weighted by atomic mass is 9.80. The number of benzene rings is 1. The third-order valence-corrected chi connectivity index (χ3v) is 10.7. The molecule has 1 saturated heterocycles. The number of nitrogens with zero attached hydrogens (tertiary/aromatic N) is 3. The maximum absolute atomic E-state index is 12.8. The second kappa shape index (κ2) is 16.4. The number of aryl methyl sites for hydroxylation is 1. The minimum atomic E-state index is -0.513. The van der Waals surface area contributed by atoms with E-state index in [-0.39, 0.29) is 18.3 Å². The number of aromatic nitrogens is 1. The van der Waals surface area contributed by atoms with Crippen molar-refractivity contribution in [3.05, 3.63) is 90.1 Å². The summed E-state index contributed by atoms with van der Waals surface area (Å²) in [5.74, 6) is 2.90. The average molecular weight is 666 g/mol. The predicted molar refractivity (Wildman–Crippen MR) is 202 cm³/mol. The molecule has 0 bridgehead atoms. The molecular formula is C43H59N3O3. The Balaban J connectivity index is 1.35. The molecule has 3 unspecified atom stereocenters. The molecule has 6 heteroatoms. The van der Waals surface area contributed by atoms with Crippen LogP contribution in [0.3, 0.4) is 0 Å². The highest BCUT2D eigenvalue weighted by molar-refractivity contribution is 5.99. The van der Waals surface area contributed by atoms with Gasteiger partial charge in [0.1, 0.15) is 11.4 Å². The molecule has 0 N–H and O–H groups in total. The van der Waals surface area contributed by atoms with Gasteiger partial charge in [0, 0.05) is 36.8 Å². The van der Waals surface area contributed by atoms with Crippen molar-refractivity contribution in [1.29, 1.82) is 0 Å². The summed E-state index contributed by atoms with van der Waals surface area (Å²) in [5, 5.41) is 2.52. The normalized spacial score (nSPS) is 23.8. The minimum Gasteiger partial charge on any atom is -0.477 e. The van der Waals surface area contributed by atoms with Crippen molar-refractivity contribution in [2.75, 3.05) is 19.7 Å². The number of carbonyl (C=O) groups is 1. The van der Waals surface area contributed by atoms with Crippen molar-refractivity contribution in [3.8, 4) is 0 Å². The Bertz CT molecular complexity index is 1590. The maximum Gasteiger partial charge on any atom is 0.310 e. The molecule has 1 saturated carbocycles. The maximum atomic E-state index is 12.8. The van der Waals surface area contributed by atoms with Crippen molar-refractivity contribution in [1.82, 2.24) is 9.88 Å². The number of esters is 1. The van der Waals surface area contributed by atoms with Crippen LogP contribution in [0.2, 0.25) is 0 Å². The molecule has 0 spiro atoms. The van der Waals surface area contributed by atoms with E-state index in [2.05, 4.69) is 67.7 Å². The number of likely N-dealkylation sites (tertiary alicyclic amines) is 1. The Morgan fingerprint density at radius 3 is 2.59 bits per heavy atom. The van der Waals surface area contributed by atoms with Gasteiger partial charge in [-0.2, -0.15) is 4.99 Å². The molecule has 2 aromatic rings. The SMILES string of the molecule is C=C(/N=C(\C1=C(C)CC(CCc2cncc3ccccc23)CC1)N1CC(C)CCC(C(=C)CC(=O)OC(C)(C)C)C1)OC[C@@H]1CCCC1=C. The number of fused-ring (bicyclic) bond motifs is 1. The van der Waals surface area contributed by atoms with E-state index in [1.807, 2.05) is 33.2 Å². The van der Waals surface area contributed by atoms with Gasteiger partial charge in [-0.05, 0) is 133 Å². The summed E-state index contributed by atoms with van der Waals surface area (Å²) < 4.78 is 11.9. The molecule has 1 aromatic carbocycles. The second-order valence-corrected chi connectivity index (χ2v) is 16.0. The van der Waals surface area contributed by atoms with Gasteiger partial charge in [-0.3, -0.25) is 9.78 Å². The highest BCUT2D eigenvalue weighted by Gasteiger charge is 2.31. The fourth-order valence-corrected chi connectivity index (χ4v) is 7.97. The molecule has 2 heterocycles. The van der Waals surface area contributed by atoms with E-state index in [1.54, 1.807) is 0 Å². The molecule has 5 rings (SSSR count). The smallest absolute Gasteiger partial charge is 0.310 e. The van der Waals surface area contributed by atoms with Crippen molar-refractivity contribution in [3.63, 3.8) is 0 Å². The number of carbonyl (C=O) groups excluding carboxylic acids is 1. The number of hydrogen-bond donors (Lipinski definition) is 0. The van der Waals surface area contributed by atoms with Crippen molar-refractivity contribution in [2.45, 2.75) is 111 Å². The van der Waals surface area contributed by atoms with E-state index >= 15 is 0 Å². The fourth-order valence-electron chi connectivity index (χ4n) is 7.97. The molecular weight excluding hydrogens is 606 g/mol. The summed E-state index contributed by atoms with van der Waals surface area (Å²) in [6.45, 7) is 25.6. The highest BCUT2D eigenvalue weighted by Crippen LogP contribution is 2.37. The first-order chi connectivity index (χ1) is 23.4. The van der Waals surface area contributed by atoms with Crippen molar-refractivity contribution in [2.24, 2.45) is 28.7 Å². The zero-order valence-corrected chi connectivity index (χ0v) is 30.9. The summed E-state index contributed by atoms with van der Waals surface area (Å²) >= 11 is 0. The zero-order chi connectivity index (χ0) is 35.1. The van der Waals surface area contributed by atoms with Crippen LogP contribution in [0.1, 0.15) is 104 Å². The summed E-state index contributed by atoms with van der Waals surface area (Å²) in [6.07, 6.45) is 15.0. The molecule has 0 radical (unpaired) electrons. The van der Waals surface area contributed by atoms with E-state index in [0.717, 1.165) is 82.3 Å². The van der Waals surface area contributed by atoms with E-state index in [4.69, 9.17) is 14.5 Å². The number of rotatable bonds is 11. The molecule has 264 valence electrons. The first-order valence-electron chi connectivity index (χ1n) is 18.6. The van der Waals surface area contributed by atoms with Crippen LogP contribution in [-0.4, -0.2) is 47.0 Å². The lowest BCUT2D eigenvalue weighted by Gasteiger charge is -2.34. The average Bonchev–Trinajstić information content (AvgIpc) is 3.35. The summed E-state index contributed by atoms with van der Waals surface area (Å²) in [5.41, 5.74) is 5.77. The zero-order valence-electron chi connectivity index (χ0n) is 30.9. The molecule has 1 aliphatic heterocycles. The van der Waals surface area contributed by atoms with Crippen LogP contribution < -0.4 is 0 Å².